The van der Waals surface area contributed by atoms with E-state index in [1.807, 2.05) is 6.92 Å². The molecule has 18 heavy (non-hydrogen) atoms. The zero-order valence-corrected chi connectivity index (χ0v) is 11.3. The van der Waals surface area contributed by atoms with Crippen LogP contribution in [0.2, 0.25) is 0 Å². The summed E-state index contributed by atoms with van der Waals surface area (Å²) in [6, 6.07) is 6.32. The number of aryl methyl sites for hydroxylation is 1. The van der Waals surface area contributed by atoms with Gasteiger partial charge in [0.15, 0.2) is 0 Å². The zero-order valence-electron chi connectivity index (χ0n) is 10.5. The van der Waals surface area contributed by atoms with Crippen LogP contribution in [-0.4, -0.2) is 16.0 Å². The zero-order chi connectivity index (χ0) is 13.0. The van der Waals surface area contributed by atoms with Gasteiger partial charge >= 0.3 is 0 Å². The highest BCUT2D eigenvalue weighted by atomic mass is 32.1. The molecule has 0 fully saturated rings. The van der Waals surface area contributed by atoms with E-state index in [4.69, 9.17) is 5.84 Å². The van der Waals surface area contributed by atoms with Crippen LogP contribution in [0.5, 0.6) is 0 Å². The third kappa shape index (κ3) is 3.41. The second-order valence-electron chi connectivity index (χ2n) is 4.16. The minimum atomic E-state index is 0.309. The van der Waals surface area contributed by atoms with Gasteiger partial charge in [-0.05, 0) is 25.3 Å². The smallest absolute Gasteiger partial charge is 0.145 e. The highest BCUT2D eigenvalue weighted by molar-refractivity contribution is 7.09. The number of hydrogen-bond acceptors (Lipinski definition) is 6. The van der Waals surface area contributed by atoms with Gasteiger partial charge in [-0.25, -0.2) is 15.8 Å². The minimum Gasteiger partial charge on any atom is -0.367 e. The fraction of sp³-hybridized carbons (Fsp3) is 0.333. The molecule has 0 saturated heterocycles. The molecule has 1 atom stereocenters. The first-order valence-corrected chi connectivity index (χ1v) is 6.66. The first kappa shape index (κ1) is 12.8. The SMILES string of the molecule is Cc1nc(NN)cc(NC(C)Cc2cccs2)n1. The van der Waals surface area contributed by atoms with E-state index in [2.05, 4.69) is 45.1 Å². The van der Waals surface area contributed by atoms with E-state index in [1.165, 1.54) is 4.88 Å². The van der Waals surface area contributed by atoms with Crippen LogP contribution in [-0.2, 0) is 6.42 Å². The quantitative estimate of drug-likeness (QED) is 0.569. The summed E-state index contributed by atoms with van der Waals surface area (Å²) in [6.07, 6.45) is 0.978. The molecule has 2 heterocycles. The number of hydrogen-bond donors (Lipinski definition) is 3. The summed E-state index contributed by atoms with van der Waals surface area (Å²) < 4.78 is 0. The Labute approximate surface area is 110 Å². The lowest BCUT2D eigenvalue weighted by atomic mass is 10.2. The molecule has 0 bridgehead atoms. The molecule has 0 aliphatic rings. The third-order valence-electron chi connectivity index (χ3n) is 2.47. The molecule has 2 aromatic rings. The van der Waals surface area contributed by atoms with Crippen molar-refractivity contribution in [3.8, 4) is 0 Å². The lowest BCUT2D eigenvalue weighted by Gasteiger charge is -2.14. The predicted octanol–water partition coefficient (Wildman–Crippen LogP) is 2.18. The summed E-state index contributed by atoms with van der Waals surface area (Å²) in [5, 5.41) is 5.45. The number of nitrogens with one attached hydrogen (secondary N) is 2. The maximum absolute atomic E-state index is 5.36. The summed E-state index contributed by atoms with van der Waals surface area (Å²) >= 11 is 1.77. The summed E-state index contributed by atoms with van der Waals surface area (Å²) in [5.41, 5.74) is 2.54. The molecular formula is C12H17N5S. The van der Waals surface area contributed by atoms with E-state index in [-0.39, 0.29) is 0 Å². The Morgan fingerprint density at radius 3 is 2.83 bits per heavy atom. The normalized spacial score (nSPS) is 12.2. The third-order valence-corrected chi connectivity index (χ3v) is 3.37. The van der Waals surface area contributed by atoms with Gasteiger partial charge in [0.25, 0.3) is 0 Å². The van der Waals surface area contributed by atoms with Crippen molar-refractivity contribution in [3.63, 3.8) is 0 Å². The van der Waals surface area contributed by atoms with Crippen molar-refractivity contribution in [2.75, 3.05) is 10.7 Å². The summed E-state index contributed by atoms with van der Waals surface area (Å²) in [6.45, 7) is 3.97. The number of nitrogen functional groups attached to an aromatic ring is 1. The Morgan fingerprint density at radius 2 is 2.17 bits per heavy atom. The van der Waals surface area contributed by atoms with Gasteiger partial charge in [0, 0.05) is 23.4 Å². The van der Waals surface area contributed by atoms with Crippen LogP contribution in [0, 0.1) is 6.92 Å². The highest BCUT2D eigenvalue weighted by Crippen LogP contribution is 2.15. The number of anilines is 2. The van der Waals surface area contributed by atoms with Crippen molar-refractivity contribution in [2.45, 2.75) is 26.3 Å². The lowest BCUT2D eigenvalue weighted by molar-refractivity contribution is 0.791. The number of nitrogens with zero attached hydrogens (tertiary/aromatic N) is 2. The predicted molar refractivity (Wildman–Crippen MR) is 75.7 cm³/mol. The van der Waals surface area contributed by atoms with E-state index < -0.39 is 0 Å². The Balaban J connectivity index is 2.02. The number of thiophene rings is 1. The molecule has 5 nitrogen and oxygen atoms in total. The standard InChI is InChI=1S/C12H17N5S/c1-8(6-10-4-3-5-18-10)14-11-7-12(17-13)16-9(2)15-11/h3-5,7-8H,6,13H2,1-2H3,(H2,14,15,16,17). The number of aromatic nitrogens is 2. The van der Waals surface area contributed by atoms with E-state index in [1.54, 1.807) is 17.4 Å². The highest BCUT2D eigenvalue weighted by Gasteiger charge is 2.07. The number of rotatable bonds is 5. The minimum absolute atomic E-state index is 0.309. The van der Waals surface area contributed by atoms with Gasteiger partial charge in [-0.3, -0.25) is 0 Å². The van der Waals surface area contributed by atoms with E-state index in [9.17, 15) is 0 Å². The molecule has 2 rings (SSSR count). The van der Waals surface area contributed by atoms with Crippen molar-refractivity contribution < 1.29 is 0 Å². The Kier molecular flexibility index (Phi) is 4.11. The van der Waals surface area contributed by atoms with Crippen molar-refractivity contribution in [1.29, 1.82) is 0 Å². The Hall–Kier alpha value is -1.66. The average molecular weight is 263 g/mol. The van der Waals surface area contributed by atoms with E-state index in [0.717, 1.165) is 12.2 Å². The molecular weight excluding hydrogens is 246 g/mol. The van der Waals surface area contributed by atoms with Crippen molar-refractivity contribution in [1.82, 2.24) is 9.97 Å². The Bertz CT molecular complexity index is 497. The molecule has 0 aliphatic carbocycles. The van der Waals surface area contributed by atoms with Crippen LogP contribution in [0.4, 0.5) is 11.6 Å². The topological polar surface area (TPSA) is 75.9 Å². The van der Waals surface area contributed by atoms with Crippen LogP contribution in [0.25, 0.3) is 0 Å². The van der Waals surface area contributed by atoms with E-state index >= 15 is 0 Å². The number of nitrogens with two attached hydrogens (primary N) is 1. The van der Waals surface area contributed by atoms with Gasteiger partial charge in [-0.2, -0.15) is 0 Å². The monoisotopic (exact) mass is 263 g/mol. The Morgan fingerprint density at radius 1 is 1.39 bits per heavy atom. The second-order valence-corrected chi connectivity index (χ2v) is 5.19. The fourth-order valence-electron chi connectivity index (χ4n) is 1.75. The summed E-state index contributed by atoms with van der Waals surface area (Å²) in [7, 11) is 0. The van der Waals surface area contributed by atoms with E-state index in [0.29, 0.717) is 17.7 Å². The molecule has 0 aromatic carbocycles. The molecule has 6 heteroatoms. The van der Waals surface area contributed by atoms with Crippen LogP contribution in [0.1, 0.15) is 17.6 Å². The maximum Gasteiger partial charge on any atom is 0.145 e. The summed E-state index contributed by atoms with van der Waals surface area (Å²) in [4.78, 5) is 9.85. The average Bonchev–Trinajstić information content (AvgIpc) is 2.80. The molecule has 0 saturated carbocycles. The molecule has 2 aromatic heterocycles. The van der Waals surface area contributed by atoms with Crippen LogP contribution in [0.15, 0.2) is 23.6 Å². The molecule has 0 spiro atoms. The first-order valence-electron chi connectivity index (χ1n) is 5.78. The molecule has 0 amide bonds. The van der Waals surface area contributed by atoms with Crippen LogP contribution < -0.4 is 16.6 Å². The lowest BCUT2D eigenvalue weighted by Crippen LogP contribution is -2.19. The van der Waals surface area contributed by atoms with Crippen LogP contribution >= 0.6 is 11.3 Å². The molecule has 96 valence electrons. The van der Waals surface area contributed by atoms with Crippen molar-refractivity contribution >= 4 is 23.0 Å². The van der Waals surface area contributed by atoms with Crippen molar-refractivity contribution in [3.05, 3.63) is 34.3 Å². The van der Waals surface area contributed by atoms with Crippen molar-refractivity contribution in [2.24, 2.45) is 5.84 Å². The summed E-state index contributed by atoms with van der Waals surface area (Å²) in [5.74, 6) is 7.46. The molecule has 1 unspecified atom stereocenters. The van der Waals surface area contributed by atoms with Crippen LogP contribution in [0.3, 0.4) is 0 Å². The molecule has 4 N–H and O–H groups in total. The molecule has 0 radical (unpaired) electrons. The second kappa shape index (κ2) is 5.79. The number of hydrazine groups is 1. The van der Waals surface area contributed by atoms with Gasteiger partial charge in [-0.15, -0.1) is 11.3 Å². The molecule has 0 aliphatic heterocycles. The van der Waals surface area contributed by atoms with Gasteiger partial charge in [0.05, 0.1) is 0 Å². The largest absolute Gasteiger partial charge is 0.367 e. The first-order chi connectivity index (χ1) is 8.67. The fourth-order valence-corrected chi connectivity index (χ4v) is 2.58. The maximum atomic E-state index is 5.36. The van der Waals surface area contributed by atoms with Gasteiger partial charge in [0.1, 0.15) is 17.5 Å². The van der Waals surface area contributed by atoms with Gasteiger partial charge in [0.2, 0.25) is 0 Å². The van der Waals surface area contributed by atoms with Gasteiger partial charge < -0.3 is 10.7 Å². The van der Waals surface area contributed by atoms with Gasteiger partial charge in [-0.1, -0.05) is 6.07 Å².